The molecule has 1 aromatic carbocycles. The van der Waals surface area contributed by atoms with Crippen LogP contribution in [0.2, 0.25) is 0 Å². The Labute approximate surface area is 167 Å². The minimum atomic E-state index is -0.0888. The van der Waals surface area contributed by atoms with Crippen molar-refractivity contribution in [2.75, 3.05) is 31.1 Å². The zero-order chi connectivity index (χ0) is 20.0. The van der Waals surface area contributed by atoms with Gasteiger partial charge in [0, 0.05) is 45.5 Å². The molecular weight excluding hydrogens is 370 g/mol. The Morgan fingerprint density at radius 3 is 2.66 bits per heavy atom. The van der Waals surface area contributed by atoms with Gasteiger partial charge in [-0.1, -0.05) is 5.21 Å². The van der Waals surface area contributed by atoms with E-state index in [1.165, 1.54) is 17.5 Å². The summed E-state index contributed by atoms with van der Waals surface area (Å²) in [4.78, 5) is 33.8. The molecule has 1 saturated heterocycles. The molecule has 1 aliphatic heterocycles. The molecule has 0 spiro atoms. The molecule has 0 atom stereocenters. The second-order valence-corrected chi connectivity index (χ2v) is 7.90. The Hall–Kier alpha value is -3.23. The Bertz CT molecular complexity index is 1120. The zero-order valence-electron chi connectivity index (χ0n) is 16.4. The van der Waals surface area contributed by atoms with Gasteiger partial charge in [-0.15, -0.1) is 5.10 Å². The van der Waals surface area contributed by atoms with E-state index in [2.05, 4.69) is 20.2 Å². The van der Waals surface area contributed by atoms with Gasteiger partial charge in [0.05, 0.1) is 23.4 Å². The molecule has 150 valence electrons. The standard InChI is InChI=1S/C20H23N7O2/c1-24-12-18(22-23-24)20(29)26-8-6-25(7-9-26)15-4-5-16-17(10-15)21-13-27(19(16)28)11-14-2-3-14/h4-5,10,12-14H,2-3,6-9,11H2,1H3. The number of piperazine rings is 1. The summed E-state index contributed by atoms with van der Waals surface area (Å²) in [5.41, 5.74) is 2.15. The Balaban J connectivity index is 1.30. The van der Waals surface area contributed by atoms with E-state index in [9.17, 15) is 9.59 Å². The van der Waals surface area contributed by atoms with Crippen molar-refractivity contribution in [1.29, 1.82) is 0 Å². The van der Waals surface area contributed by atoms with Crippen molar-refractivity contribution >= 4 is 22.5 Å². The van der Waals surface area contributed by atoms with Crippen molar-refractivity contribution in [3.8, 4) is 0 Å². The fourth-order valence-electron chi connectivity index (χ4n) is 3.83. The van der Waals surface area contributed by atoms with Gasteiger partial charge in [-0.3, -0.25) is 18.8 Å². The number of amides is 1. The lowest BCUT2D eigenvalue weighted by atomic mass is 10.2. The molecule has 29 heavy (non-hydrogen) atoms. The third kappa shape index (κ3) is 3.48. The summed E-state index contributed by atoms with van der Waals surface area (Å²) in [6.45, 7) is 3.44. The van der Waals surface area contributed by atoms with Gasteiger partial charge in [0.2, 0.25) is 0 Å². The van der Waals surface area contributed by atoms with Gasteiger partial charge in [0.25, 0.3) is 11.5 Å². The molecule has 1 aliphatic carbocycles. The van der Waals surface area contributed by atoms with Crippen LogP contribution in [0.5, 0.6) is 0 Å². The molecule has 5 rings (SSSR count). The maximum Gasteiger partial charge on any atom is 0.276 e. The molecule has 0 unspecified atom stereocenters. The summed E-state index contributed by atoms with van der Waals surface area (Å²) in [5.74, 6) is 0.543. The predicted molar refractivity (Wildman–Crippen MR) is 108 cm³/mol. The normalized spacial score (nSPS) is 17.1. The highest BCUT2D eigenvalue weighted by Gasteiger charge is 2.25. The number of hydrogen-bond donors (Lipinski definition) is 0. The lowest BCUT2D eigenvalue weighted by Crippen LogP contribution is -2.48. The predicted octanol–water partition coefficient (Wildman–Crippen LogP) is 0.897. The van der Waals surface area contributed by atoms with Gasteiger partial charge in [-0.25, -0.2) is 4.98 Å². The number of fused-ring (bicyclic) bond motifs is 1. The molecule has 3 heterocycles. The van der Waals surface area contributed by atoms with Crippen LogP contribution in [-0.4, -0.2) is 61.5 Å². The van der Waals surface area contributed by atoms with Gasteiger partial charge in [-0.2, -0.15) is 0 Å². The fraction of sp³-hybridized carbons (Fsp3) is 0.450. The van der Waals surface area contributed by atoms with Crippen molar-refractivity contribution in [1.82, 2.24) is 29.4 Å². The molecule has 3 aromatic rings. The van der Waals surface area contributed by atoms with E-state index in [1.54, 1.807) is 29.0 Å². The van der Waals surface area contributed by atoms with Crippen LogP contribution in [0.15, 0.2) is 35.5 Å². The quantitative estimate of drug-likeness (QED) is 0.654. The van der Waals surface area contributed by atoms with E-state index in [-0.39, 0.29) is 11.5 Å². The van der Waals surface area contributed by atoms with Crippen LogP contribution in [0.25, 0.3) is 10.9 Å². The minimum absolute atomic E-state index is 0.0350. The monoisotopic (exact) mass is 393 g/mol. The topological polar surface area (TPSA) is 89.2 Å². The first-order valence-corrected chi connectivity index (χ1v) is 9.98. The maximum absolute atomic E-state index is 12.7. The fourth-order valence-corrected chi connectivity index (χ4v) is 3.83. The van der Waals surface area contributed by atoms with E-state index in [0.29, 0.717) is 30.1 Å². The summed E-state index contributed by atoms with van der Waals surface area (Å²) in [7, 11) is 1.75. The Kier molecular flexibility index (Phi) is 4.30. The highest BCUT2D eigenvalue weighted by atomic mass is 16.2. The third-order valence-electron chi connectivity index (χ3n) is 5.71. The molecule has 9 nitrogen and oxygen atoms in total. The van der Waals surface area contributed by atoms with Gasteiger partial charge < -0.3 is 9.80 Å². The largest absolute Gasteiger partial charge is 0.368 e. The summed E-state index contributed by atoms with van der Waals surface area (Å²) in [5, 5.41) is 8.40. The van der Waals surface area contributed by atoms with Crippen molar-refractivity contribution < 1.29 is 4.79 Å². The van der Waals surface area contributed by atoms with Crippen LogP contribution in [0.1, 0.15) is 23.3 Å². The van der Waals surface area contributed by atoms with E-state index < -0.39 is 0 Å². The van der Waals surface area contributed by atoms with Crippen LogP contribution in [0, 0.1) is 5.92 Å². The smallest absolute Gasteiger partial charge is 0.276 e. The number of hydrogen-bond acceptors (Lipinski definition) is 6. The Morgan fingerprint density at radius 1 is 1.17 bits per heavy atom. The molecule has 2 aromatic heterocycles. The number of nitrogens with zero attached hydrogens (tertiary/aromatic N) is 7. The zero-order valence-corrected chi connectivity index (χ0v) is 16.4. The third-order valence-corrected chi connectivity index (χ3v) is 5.71. The second kappa shape index (κ2) is 6.98. The van der Waals surface area contributed by atoms with E-state index in [4.69, 9.17) is 0 Å². The van der Waals surface area contributed by atoms with Gasteiger partial charge in [0.1, 0.15) is 0 Å². The van der Waals surface area contributed by atoms with Crippen LogP contribution in [0.4, 0.5) is 5.69 Å². The van der Waals surface area contributed by atoms with Gasteiger partial charge in [0.15, 0.2) is 5.69 Å². The highest BCUT2D eigenvalue weighted by Crippen LogP contribution is 2.30. The first kappa shape index (κ1) is 17.8. The number of carbonyl (C=O) groups is 1. The summed E-state index contributed by atoms with van der Waals surface area (Å²) < 4.78 is 3.26. The number of rotatable bonds is 4. The van der Waals surface area contributed by atoms with Crippen molar-refractivity contribution in [2.24, 2.45) is 13.0 Å². The minimum Gasteiger partial charge on any atom is -0.368 e. The SMILES string of the molecule is Cn1cc(C(=O)N2CCN(c3ccc4c(=O)n(CC5CC5)cnc4c3)CC2)nn1. The lowest BCUT2D eigenvalue weighted by molar-refractivity contribution is 0.0740. The molecule has 1 saturated carbocycles. The molecule has 0 N–H and O–H groups in total. The molecule has 2 fully saturated rings. The van der Waals surface area contributed by atoms with E-state index >= 15 is 0 Å². The first-order chi connectivity index (χ1) is 14.1. The van der Waals surface area contributed by atoms with Crippen LogP contribution >= 0.6 is 0 Å². The number of carbonyl (C=O) groups excluding carboxylic acids is 1. The van der Waals surface area contributed by atoms with Crippen molar-refractivity contribution in [3.05, 3.63) is 46.8 Å². The number of benzene rings is 1. The highest BCUT2D eigenvalue weighted by molar-refractivity contribution is 5.92. The van der Waals surface area contributed by atoms with Crippen molar-refractivity contribution in [2.45, 2.75) is 19.4 Å². The first-order valence-electron chi connectivity index (χ1n) is 9.98. The molecule has 0 radical (unpaired) electrons. The number of anilines is 1. The summed E-state index contributed by atoms with van der Waals surface area (Å²) in [6, 6.07) is 5.83. The Morgan fingerprint density at radius 2 is 1.97 bits per heavy atom. The van der Waals surface area contributed by atoms with Crippen LogP contribution in [-0.2, 0) is 13.6 Å². The van der Waals surface area contributed by atoms with Crippen molar-refractivity contribution in [3.63, 3.8) is 0 Å². The van der Waals surface area contributed by atoms with E-state index in [1.807, 2.05) is 18.2 Å². The number of aryl methyl sites for hydroxylation is 1. The summed E-state index contributed by atoms with van der Waals surface area (Å²) in [6.07, 6.45) is 5.72. The molecule has 1 amide bonds. The number of aromatic nitrogens is 5. The molecule has 9 heteroatoms. The average molecular weight is 393 g/mol. The van der Waals surface area contributed by atoms with Crippen LogP contribution < -0.4 is 10.5 Å². The van der Waals surface area contributed by atoms with Crippen LogP contribution in [0.3, 0.4) is 0 Å². The molecule has 0 bridgehead atoms. The molecular formula is C20H23N7O2. The summed E-state index contributed by atoms with van der Waals surface area (Å²) >= 11 is 0. The maximum atomic E-state index is 12.7. The lowest BCUT2D eigenvalue weighted by Gasteiger charge is -2.35. The van der Waals surface area contributed by atoms with Gasteiger partial charge >= 0.3 is 0 Å². The average Bonchev–Trinajstić information content (AvgIpc) is 3.46. The molecule has 2 aliphatic rings. The second-order valence-electron chi connectivity index (χ2n) is 7.90. The van der Waals surface area contributed by atoms with Gasteiger partial charge in [-0.05, 0) is 37.0 Å². The van der Waals surface area contributed by atoms with E-state index in [0.717, 1.165) is 30.8 Å².